The summed E-state index contributed by atoms with van der Waals surface area (Å²) in [6, 6.07) is 0. The maximum absolute atomic E-state index is 14.1. The van der Waals surface area contributed by atoms with E-state index in [4.69, 9.17) is 0 Å². The number of esters is 1. The standard InChI is InChI=1S/C11H19F2O5P/c1-5-16-10(14)8-9(4)11(12,13)19(15,17-6-2)18-7-3/h8H,5-7H2,1-4H3/b9-8-. The fourth-order valence-corrected chi connectivity index (χ4v) is 2.78. The van der Waals surface area contributed by atoms with Crippen molar-refractivity contribution in [2.45, 2.75) is 33.4 Å². The molecule has 0 rings (SSSR count). The van der Waals surface area contributed by atoms with Crippen molar-refractivity contribution >= 4 is 13.6 Å². The van der Waals surface area contributed by atoms with Crippen LogP contribution in [0.2, 0.25) is 0 Å². The molecule has 5 nitrogen and oxygen atoms in total. The average Bonchev–Trinajstić information content (AvgIpc) is 2.29. The Balaban J connectivity index is 5.30. The summed E-state index contributed by atoms with van der Waals surface area (Å²) in [6.45, 7) is 5.03. The van der Waals surface area contributed by atoms with Crippen LogP contribution in [0.3, 0.4) is 0 Å². The van der Waals surface area contributed by atoms with Crippen LogP contribution in [0.25, 0.3) is 0 Å². The molecule has 0 aliphatic heterocycles. The van der Waals surface area contributed by atoms with Crippen LogP contribution in [-0.4, -0.2) is 31.5 Å². The van der Waals surface area contributed by atoms with Gasteiger partial charge in [0.2, 0.25) is 0 Å². The van der Waals surface area contributed by atoms with Crippen LogP contribution in [0.15, 0.2) is 11.6 Å². The van der Waals surface area contributed by atoms with E-state index in [0.717, 1.165) is 6.92 Å². The van der Waals surface area contributed by atoms with Crippen molar-refractivity contribution in [1.82, 2.24) is 0 Å². The minimum atomic E-state index is -4.66. The van der Waals surface area contributed by atoms with E-state index in [1.54, 1.807) is 6.92 Å². The third kappa shape index (κ3) is 4.67. The van der Waals surface area contributed by atoms with Crippen molar-refractivity contribution in [3.8, 4) is 0 Å². The number of carbonyl (C=O) groups excluding carboxylic acids is 1. The van der Waals surface area contributed by atoms with E-state index in [1.807, 2.05) is 0 Å². The number of hydrogen-bond donors (Lipinski definition) is 0. The number of carbonyl (C=O) groups is 1. The highest BCUT2D eigenvalue weighted by molar-refractivity contribution is 7.55. The van der Waals surface area contributed by atoms with E-state index in [2.05, 4.69) is 13.8 Å². The predicted octanol–water partition coefficient (Wildman–Crippen LogP) is 3.35. The second-order valence-electron chi connectivity index (χ2n) is 3.45. The Morgan fingerprint density at radius 1 is 1.16 bits per heavy atom. The molecule has 0 aliphatic rings. The third-order valence-electron chi connectivity index (χ3n) is 2.04. The fourth-order valence-electron chi connectivity index (χ4n) is 1.20. The van der Waals surface area contributed by atoms with Crippen LogP contribution in [0.4, 0.5) is 8.78 Å². The van der Waals surface area contributed by atoms with Gasteiger partial charge in [0.1, 0.15) is 0 Å². The first-order chi connectivity index (χ1) is 8.75. The molecule has 0 saturated carbocycles. The SMILES string of the molecule is CCOC(=O)/C=C(/C)C(F)(F)P(=O)(OCC)OCC. The zero-order valence-corrected chi connectivity index (χ0v) is 12.3. The van der Waals surface area contributed by atoms with Gasteiger partial charge in [0.05, 0.1) is 19.8 Å². The zero-order valence-electron chi connectivity index (χ0n) is 11.4. The van der Waals surface area contributed by atoms with E-state index in [0.29, 0.717) is 6.08 Å². The van der Waals surface area contributed by atoms with Crippen molar-refractivity contribution in [1.29, 1.82) is 0 Å². The minimum absolute atomic E-state index is 0.0583. The van der Waals surface area contributed by atoms with Crippen LogP contribution in [0, 0.1) is 0 Å². The quantitative estimate of drug-likeness (QED) is 0.391. The molecule has 0 atom stereocenters. The fraction of sp³-hybridized carbons (Fsp3) is 0.727. The first-order valence-electron chi connectivity index (χ1n) is 5.87. The molecule has 0 bridgehead atoms. The summed E-state index contributed by atoms with van der Waals surface area (Å²) in [4.78, 5) is 11.1. The van der Waals surface area contributed by atoms with Crippen LogP contribution in [0.1, 0.15) is 27.7 Å². The molecule has 0 amide bonds. The molecule has 0 saturated heterocycles. The van der Waals surface area contributed by atoms with Crippen LogP contribution in [-0.2, 0) is 23.1 Å². The third-order valence-corrected chi connectivity index (χ3v) is 4.27. The van der Waals surface area contributed by atoms with Gasteiger partial charge >= 0.3 is 19.2 Å². The molecule has 112 valence electrons. The lowest BCUT2D eigenvalue weighted by Gasteiger charge is -2.26. The molecule has 0 N–H and O–H groups in total. The van der Waals surface area contributed by atoms with Gasteiger partial charge in [-0.3, -0.25) is 4.57 Å². The molecule has 8 heteroatoms. The maximum Gasteiger partial charge on any atom is 0.404 e. The van der Waals surface area contributed by atoms with E-state index in [-0.39, 0.29) is 19.8 Å². The predicted molar refractivity (Wildman–Crippen MR) is 66.2 cm³/mol. The van der Waals surface area contributed by atoms with Crippen molar-refractivity contribution in [2.75, 3.05) is 19.8 Å². The van der Waals surface area contributed by atoms with Gasteiger partial charge in [-0.05, 0) is 27.7 Å². The Bertz CT molecular complexity index is 371. The molecule has 0 aliphatic carbocycles. The largest absolute Gasteiger partial charge is 0.463 e. The molecular formula is C11H19F2O5P. The smallest absolute Gasteiger partial charge is 0.404 e. The van der Waals surface area contributed by atoms with Gasteiger partial charge in [-0.2, -0.15) is 8.78 Å². The lowest BCUT2D eigenvalue weighted by Crippen LogP contribution is -2.23. The number of hydrogen-bond acceptors (Lipinski definition) is 5. The number of halogens is 2. The van der Waals surface area contributed by atoms with Gasteiger partial charge in [0.25, 0.3) is 0 Å². The van der Waals surface area contributed by atoms with E-state index >= 15 is 0 Å². The summed E-state index contributed by atoms with van der Waals surface area (Å²) in [7, 11) is -4.66. The Kier molecular flexibility index (Phi) is 7.41. The van der Waals surface area contributed by atoms with Crippen LogP contribution < -0.4 is 0 Å². The zero-order chi connectivity index (χ0) is 15.1. The second-order valence-corrected chi connectivity index (χ2v) is 5.53. The lowest BCUT2D eigenvalue weighted by atomic mass is 10.3. The van der Waals surface area contributed by atoms with Crippen molar-refractivity contribution in [3.63, 3.8) is 0 Å². The highest BCUT2D eigenvalue weighted by atomic mass is 31.2. The van der Waals surface area contributed by atoms with Gasteiger partial charge in [0.15, 0.2) is 0 Å². The normalized spacial score (nSPS) is 13.5. The van der Waals surface area contributed by atoms with Gasteiger partial charge < -0.3 is 13.8 Å². The van der Waals surface area contributed by atoms with E-state index in [1.165, 1.54) is 13.8 Å². The summed E-state index contributed by atoms with van der Waals surface area (Å²) in [5.74, 6) is -0.931. The van der Waals surface area contributed by atoms with Crippen molar-refractivity contribution in [3.05, 3.63) is 11.6 Å². The molecule has 0 unspecified atom stereocenters. The summed E-state index contributed by atoms with van der Waals surface area (Å²) in [5, 5.41) is 0. The topological polar surface area (TPSA) is 61.8 Å². The van der Waals surface area contributed by atoms with Gasteiger partial charge in [-0.15, -0.1) is 0 Å². The molecule has 0 aromatic heterocycles. The Morgan fingerprint density at radius 3 is 2.00 bits per heavy atom. The highest BCUT2D eigenvalue weighted by Crippen LogP contribution is 2.64. The van der Waals surface area contributed by atoms with Gasteiger partial charge in [-0.25, -0.2) is 4.79 Å². The van der Waals surface area contributed by atoms with Crippen LogP contribution >= 0.6 is 7.60 Å². The average molecular weight is 300 g/mol. The highest BCUT2D eigenvalue weighted by Gasteiger charge is 2.54. The second kappa shape index (κ2) is 7.72. The van der Waals surface area contributed by atoms with E-state index in [9.17, 15) is 18.1 Å². The van der Waals surface area contributed by atoms with Gasteiger partial charge in [0, 0.05) is 11.6 Å². The summed E-state index contributed by atoms with van der Waals surface area (Å²) in [6.07, 6.45) is 0.591. The molecule has 0 fully saturated rings. The van der Waals surface area contributed by atoms with E-state index < -0.39 is 24.8 Å². The number of allylic oxidation sites excluding steroid dienone is 1. The molecule has 0 heterocycles. The van der Waals surface area contributed by atoms with Crippen molar-refractivity contribution < 1.29 is 31.9 Å². The Morgan fingerprint density at radius 2 is 1.63 bits per heavy atom. The number of ether oxygens (including phenoxy) is 1. The number of rotatable bonds is 8. The molecule has 0 aromatic rings. The summed E-state index contributed by atoms with van der Waals surface area (Å²) >= 11 is 0. The molecule has 0 aromatic carbocycles. The van der Waals surface area contributed by atoms with Crippen LogP contribution in [0.5, 0.6) is 0 Å². The monoisotopic (exact) mass is 300 g/mol. The lowest BCUT2D eigenvalue weighted by molar-refractivity contribution is -0.137. The number of alkyl halides is 2. The first-order valence-corrected chi connectivity index (χ1v) is 7.41. The maximum atomic E-state index is 14.1. The Labute approximate surface area is 111 Å². The Hall–Kier alpha value is -0.780. The van der Waals surface area contributed by atoms with Crippen molar-refractivity contribution in [2.24, 2.45) is 0 Å². The minimum Gasteiger partial charge on any atom is -0.463 e. The summed E-state index contributed by atoms with van der Waals surface area (Å²) < 4.78 is 53.8. The molecule has 0 spiro atoms. The molecule has 19 heavy (non-hydrogen) atoms. The first kappa shape index (κ1) is 18.2. The van der Waals surface area contributed by atoms with Gasteiger partial charge in [-0.1, -0.05) is 0 Å². The molecular weight excluding hydrogens is 281 g/mol. The summed E-state index contributed by atoms with van der Waals surface area (Å²) in [5.41, 5.74) is -4.61. The molecule has 0 radical (unpaired) electrons.